The van der Waals surface area contributed by atoms with E-state index in [-0.39, 0.29) is 11.5 Å². The van der Waals surface area contributed by atoms with Gasteiger partial charge < -0.3 is 11.1 Å². The SMILES string of the molecule is NCC1(Nc2ccc(Cl)cc2)CCS(=O)(=O)C1. The maximum absolute atomic E-state index is 11.5. The Hall–Kier alpha value is -0.780. The smallest absolute Gasteiger partial charge is 0.152 e. The van der Waals surface area contributed by atoms with Gasteiger partial charge in [0.05, 0.1) is 17.0 Å². The van der Waals surface area contributed by atoms with Gasteiger partial charge in [0.15, 0.2) is 9.84 Å². The highest BCUT2D eigenvalue weighted by molar-refractivity contribution is 7.91. The predicted molar refractivity (Wildman–Crippen MR) is 70.1 cm³/mol. The topological polar surface area (TPSA) is 72.2 Å². The number of anilines is 1. The fraction of sp³-hybridized carbons (Fsp3) is 0.455. The summed E-state index contributed by atoms with van der Waals surface area (Å²) in [7, 11) is -2.96. The van der Waals surface area contributed by atoms with E-state index in [1.54, 1.807) is 12.1 Å². The number of nitrogens with two attached hydrogens (primary N) is 1. The van der Waals surface area contributed by atoms with E-state index in [0.717, 1.165) is 5.69 Å². The van der Waals surface area contributed by atoms with Crippen LogP contribution < -0.4 is 11.1 Å². The lowest BCUT2D eigenvalue weighted by molar-refractivity contribution is 0.534. The Bertz CT molecular complexity index is 501. The molecule has 17 heavy (non-hydrogen) atoms. The minimum atomic E-state index is -2.96. The van der Waals surface area contributed by atoms with Gasteiger partial charge in [-0.3, -0.25) is 0 Å². The first-order valence-electron chi connectivity index (χ1n) is 5.39. The molecule has 1 heterocycles. The quantitative estimate of drug-likeness (QED) is 0.871. The highest BCUT2D eigenvalue weighted by atomic mass is 35.5. The van der Waals surface area contributed by atoms with E-state index in [1.165, 1.54) is 0 Å². The second-order valence-electron chi connectivity index (χ2n) is 4.46. The zero-order valence-corrected chi connectivity index (χ0v) is 10.9. The van der Waals surface area contributed by atoms with E-state index in [2.05, 4.69) is 5.32 Å². The third kappa shape index (κ3) is 2.91. The van der Waals surface area contributed by atoms with Gasteiger partial charge in [0.25, 0.3) is 0 Å². The molecule has 6 heteroatoms. The van der Waals surface area contributed by atoms with Crippen molar-refractivity contribution in [2.24, 2.45) is 5.73 Å². The molecule has 1 unspecified atom stereocenters. The van der Waals surface area contributed by atoms with Crippen LogP contribution in [-0.4, -0.2) is 32.0 Å². The third-order valence-corrected chi connectivity index (χ3v) is 5.10. The summed E-state index contributed by atoms with van der Waals surface area (Å²) in [6.07, 6.45) is 0.550. The van der Waals surface area contributed by atoms with Crippen molar-refractivity contribution in [3.63, 3.8) is 0 Å². The van der Waals surface area contributed by atoms with E-state index < -0.39 is 15.4 Å². The molecule has 4 nitrogen and oxygen atoms in total. The average molecular weight is 275 g/mol. The van der Waals surface area contributed by atoms with Gasteiger partial charge in [-0.1, -0.05) is 11.6 Å². The van der Waals surface area contributed by atoms with Crippen LogP contribution >= 0.6 is 11.6 Å². The van der Waals surface area contributed by atoms with E-state index in [0.29, 0.717) is 18.0 Å². The van der Waals surface area contributed by atoms with Crippen molar-refractivity contribution in [2.45, 2.75) is 12.0 Å². The van der Waals surface area contributed by atoms with Gasteiger partial charge in [-0.2, -0.15) is 0 Å². The Morgan fingerprint density at radius 3 is 2.47 bits per heavy atom. The van der Waals surface area contributed by atoms with Crippen LogP contribution in [0.4, 0.5) is 5.69 Å². The molecule has 1 aliphatic heterocycles. The molecule has 0 aliphatic carbocycles. The summed E-state index contributed by atoms with van der Waals surface area (Å²) in [5, 5.41) is 3.87. The summed E-state index contributed by atoms with van der Waals surface area (Å²) >= 11 is 5.79. The number of halogens is 1. The van der Waals surface area contributed by atoms with Gasteiger partial charge in [0.1, 0.15) is 0 Å². The lowest BCUT2D eigenvalue weighted by atomic mass is 9.99. The number of hydrogen-bond acceptors (Lipinski definition) is 4. The molecule has 0 amide bonds. The van der Waals surface area contributed by atoms with Gasteiger partial charge in [-0.25, -0.2) is 8.42 Å². The highest BCUT2D eigenvalue weighted by Gasteiger charge is 2.41. The summed E-state index contributed by atoms with van der Waals surface area (Å²) < 4.78 is 23.1. The van der Waals surface area contributed by atoms with Gasteiger partial charge in [-0.15, -0.1) is 0 Å². The Balaban J connectivity index is 2.18. The summed E-state index contributed by atoms with van der Waals surface area (Å²) in [6, 6.07) is 7.17. The zero-order valence-electron chi connectivity index (χ0n) is 9.32. The number of sulfone groups is 1. The summed E-state index contributed by atoms with van der Waals surface area (Å²) in [4.78, 5) is 0. The van der Waals surface area contributed by atoms with Crippen molar-refractivity contribution in [1.29, 1.82) is 0 Å². The maximum Gasteiger partial charge on any atom is 0.152 e. The molecular formula is C11H15ClN2O2S. The number of hydrogen-bond donors (Lipinski definition) is 2. The Kier molecular flexibility index (Phi) is 3.34. The molecule has 1 atom stereocenters. The maximum atomic E-state index is 11.5. The molecule has 0 radical (unpaired) electrons. The van der Waals surface area contributed by atoms with Crippen LogP contribution in [0, 0.1) is 0 Å². The van der Waals surface area contributed by atoms with Crippen molar-refractivity contribution in [3.05, 3.63) is 29.3 Å². The van der Waals surface area contributed by atoms with Gasteiger partial charge in [-0.05, 0) is 30.7 Å². The molecule has 1 fully saturated rings. The fourth-order valence-corrected chi connectivity index (χ4v) is 4.21. The minimum Gasteiger partial charge on any atom is -0.377 e. The lowest BCUT2D eigenvalue weighted by Gasteiger charge is -2.28. The summed E-state index contributed by atoms with van der Waals surface area (Å²) in [5.74, 6) is 0.296. The standard InChI is InChI=1S/C11H15ClN2O2S/c12-9-1-3-10(4-2-9)14-11(7-13)5-6-17(15,16)8-11/h1-4,14H,5-8,13H2. The van der Waals surface area contributed by atoms with E-state index in [4.69, 9.17) is 17.3 Å². The van der Waals surface area contributed by atoms with Crippen LogP contribution in [0.15, 0.2) is 24.3 Å². The average Bonchev–Trinajstić information content (AvgIpc) is 2.59. The van der Waals surface area contributed by atoms with E-state index >= 15 is 0 Å². The molecule has 1 aliphatic rings. The van der Waals surface area contributed by atoms with Gasteiger partial charge >= 0.3 is 0 Å². The summed E-state index contributed by atoms with van der Waals surface area (Å²) in [5.41, 5.74) is 6.02. The van der Waals surface area contributed by atoms with Gasteiger partial charge in [0.2, 0.25) is 0 Å². The molecule has 1 aromatic rings. The van der Waals surface area contributed by atoms with Crippen LogP contribution in [0.1, 0.15) is 6.42 Å². The zero-order chi connectivity index (χ0) is 12.5. The summed E-state index contributed by atoms with van der Waals surface area (Å²) in [6.45, 7) is 0.300. The first-order valence-corrected chi connectivity index (χ1v) is 7.59. The Morgan fingerprint density at radius 1 is 1.35 bits per heavy atom. The van der Waals surface area contributed by atoms with Crippen LogP contribution in [0.2, 0.25) is 5.02 Å². The van der Waals surface area contributed by atoms with E-state index in [9.17, 15) is 8.42 Å². The molecule has 0 saturated carbocycles. The van der Waals surface area contributed by atoms with Crippen LogP contribution in [0.25, 0.3) is 0 Å². The van der Waals surface area contributed by atoms with Crippen molar-refractivity contribution in [3.8, 4) is 0 Å². The van der Waals surface area contributed by atoms with Crippen molar-refractivity contribution >= 4 is 27.1 Å². The fourth-order valence-electron chi connectivity index (χ4n) is 2.07. The molecule has 94 valence electrons. The number of benzene rings is 1. The molecule has 1 saturated heterocycles. The lowest BCUT2D eigenvalue weighted by Crippen LogP contribution is -2.46. The highest BCUT2D eigenvalue weighted by Crippen LogP contribution is 2.27. The second kappa shape index (κ2) is 4.48. The van der Waals surface area contributed by atoms with E-state index in [1.807, 2.05) is 12.1 Å². The largest absolute Gasteiger partial charge is 0.377 e. The first-order chi connectivity index (χ1) is 7.95. The molecular weight excluding hydrogens is 260 g/mol. The van der Waals surface area contributed by atoms with Crippen molar-refractivity contribution < 1.29 is 8.42 Å². The Labute approximate surface area is 106 Å². The molecule has 0 bridgehead atoms. The molecule has 2 rings (SSSR count). The minimum absolute atomic E-state index is 0.0964. The second-order valence-corrected chi connectivity index (χ2v) is 7.08. The molecule has 3 N–H and O–H groups in total. The number of nitrogens with one attached hydrogen (secondary N) is 1. The monoisotopic (exact) mass is 274 g/mol. The number of rotatable bonds is 3. The first kappa shape index (κ1) is 12.7. The van der Waals surface area contributed by atoms with Crippen LogP contribution in [-0.2, 0) is 9.84 Å². The predicted octanol–water partition coefficient (Wildman–Crippen LogP) is 1.27. The molecule has 1 aromatic carbocycles. The van der Waals surface area contributed by atoms with Crippen LogP contribution in [0.3, 0.4) is 0 Å². The molecule has 0 aromatic heterocycles. The van der Waals surface area contributed by atoms with Crippen molar-refractivity contribution in [2.75, 3.05) is 23.4 Å². The molecule has 0 spiro atoms. The van der Waals surface area contributed by atoms with Crippen molar-refractivity contribution in [1.82, 2.24) is 0 Å². The Morgan fingerprint density at radius 2 is 2.00 bits per heavy atom. The van der Waals surface area contributed by atoms with Gasteiger partial charge in [0, 0.05) is 17.3 Å². The van der Waals surface area contributed by atoms with Crippen LogP contribution in [0.5, 0.6) is 0 Å². The third-order valence-electron chi connectivity index (χ3n) is 3.03. The normalized spacial score (nSPS) is 26.9.